The van der Waals surface area contributed by atoms with Crippen molar-refractivity contribution in [3.8, 4) is 0 Å². The minimum absolute atomic E-state index is 0.315. The lowest BCUT2D eigenvalue weighted by Gasteiger charge is -2.32. The van der Waals surface area contributed by atoms with Crippen LogP contribution in [0.2, 0.25) is 13.1 Å². The molecule has 1 aliphatic heterocycles. The van der Waals surface area contributed by atoms with Gasteiger partial charge in [0, 0.05) is 5.20 Å². The smallest absolute Gasteiger partial charge is 0.466 e. The second-order valence-electron chi connectivity index (χ2n) is 7.69. The van der Waals surface area contributed by atoms with Crippen molar-refractivity contribution in [2.75, 3.05) is 7.11 Å². The van der Waals surface area contributed by atoms with Crippen LogP contribution in [0.25, 0.3) is 0 Å². The highest BCUT2D eigenvalue weighted by atomic mass is 28.3. The van der Waals surface area contributed by atoms with E-state index in [0.717, 1.165) is 5.19 Å². The highest BCUT2D eigenvalue weighted by Crippen LogP contribution is 2.37. The first-order chi connectivity index (χ1) is 11.0. The summed E-state index contributed by atoms with van der Waals surface area (Å²) in [7, 11) is -1.37. The molecule has 1 fully saturated rings. The molecule has 6 heteroatoms. The summed E-state index contributed by atoms with van der Waals surface area (Å²) in [6.07, 6.45) is 0. The fourth-order valence-electron chi connectivity index (χ4n) is 2.74. The first-order valence-corrected chi connectivity index (χ1v) is 11.2. The van der Waals surface area contributed by atoms with Crippen molar-refractivity contribution in [2.45, 2.75) is 52.0 Å². The molecule has 130 valence electrons. The summed E-state index contributed by atoms with van der Waals surface area (Å²) in [5.41, 5.74) is -0.873. The lowest BCUT2D eigenvalue weighted by molar-refractivity contribution is -0.135. The van der Waals surface area contributed by atoms with Gasteiger partial charge in [-0.05, 0) is 33.7 Å². The minimum atomic E-state index is -2.23. The first-order valence-electron chi connectivity index (χ1n) is 8.23. The number of hydrogen-bond acceptors (Lipinski definition) is 4. The Labute approximate surface area is 146 Å². The fourth-order valence-corrected chi connectivity index (χ4v) is 5.25. The van der Waals surface area contributed by atoms with Crippen LogP contribution >= 0.6 is 0 Å². The van der Waals surface area contributed by atoms with E-state index in [1.807, 2.05) is 51.9 Å². The van der Waals surface area contributed by atoms with E-state index in [-0.39, 0.29) is 5.97 Å². The van der Waals surface area contributed by atoms with E-state index >= 15 is 0 Å². The zero-order valence-corrected chi connectivity index (χ0v) is 16.7. The third-order valence-electron chi connectivity index (χ3n) is 5.15. The van der Waals surface area contributed by atoms with Crippen LogP contribution in [-0.4, -0.2) is 39.5 Å². The third-order valence-corrected chi connectivity index (χ3v) is 8.64. The first kappa shape index (κ1) is 19.0. The van der Waals surface area contributed by atoms with Gasteiger partial charge in [-0.15, -0.1) is 0 Å². The molecule has 1 aliphatic rings. The number of carbonyl (C=O) groups excluding carboxylic acids is 1. The number of esters is 1. The molecule has 24 heavy (non-hydrogen) atoms. The highest BCUT2D eigenvalue weighted by molar-refractivity contribution is 6.99. The Morgan fingerprint density at radius 2 is 1.58 bits per heavy atom. The largest absolute Gasteiger partial charge is 0.487 e. The Hall–Kier alpha value is -1.37. The van der Waals surface area contributed by atoms with Gasteiger partial charge in [-0.1, -0.05) is 48.6 Å². The zero-order valence-electron chi connectivity index (χ0n) is 15.7. The van der Waals surface area contributed by atoms with E-state index in [1.54, 1.807) is 0 Å². The topological polar surface area (TPSA) is 44.8 Å². The van der Waals surface area contributed by atoms with Gasteiger partial charge in [0.2, 0.25) is 0 Å². The zero-order chi connectivity index (χ0) is 18.2. The van der Waals surface area contributed by atoms with E-state index in [0.29, 0.717) is 5.20 Å². The number of ether oxygens (including phenoxy) is 1. The Morgan fingerprint density at radius 3 is 2.04 bits per heavy atom. The standard InChI is InChI=1S/C18H27BO4Si/c1-17(2)18(3,4)23-19(22-17)13-15(16(20)21-5)24(6,7)14-11-9-8-10-12-14/h8-13H,1-7H3/b15-13-. The average molecular weight is 346 g/mol. The second-order valence-corrected chi connectivity index (χ2v) is 12.1. The van der Waals surface area contributed by atoms with E-state index in [4.69, 9.17) is 14.0 Å². The van der Waals surface area contributed by atoms with E-state index in [9.17, 15) is 4.79 Å². The van der Waals surface area contributed by atoms with Crippen molar-refractivity contribution in [2.24, 2.45) is 0 Å². The maximum absolute atomic E-state index is 12.5. The second kappa shape index (κ2) is 6.50. The quantitative estimate of drug-likeness (QED) is 0.478. The molecule has 0 aromatic heterocycles. The van der Waals surface area contributed by atoms with Crippen LogP contribution in [0.15, 0.2) is 41.5 Å². The molecule has 1 heterocycles. The summed E-state index contributed by atoms with van der Waals surface area (Å²) in [5.74, 6) is 1.49. The van der Waals surface area contributed by atoms with E-state index < -0.39 is 26.4 Å². The molecule has 0 unspecified atom stereocenters. The van der Waals surface area contributed by atoms with Gasteiger partial charge in [-0.2, -0.15) is 0 Å². The molecule has 1 aromatic rings. The fraction of sp³-hybridized carbons (Fsp3) is 0.500. The van der Waals surface area contributed by atoms with Crippen molar-refractivity contribution in [3.63, 3.8) is 0 Å². The molecule has 0 atom stereocenters. The predicted molar refractivity (Wildman–Crippen MR) is 99.7 cm³/mol. The summed E-state index contributed by atoms with van der Waals surface area (Å²) in [5, 5.41) is 1.83. The monoisotopic (exact) mass is 346 g/mol. The summed E-state index contributed by atoms with van der Waals surface area (Å²) in [4.78, 5) is 12.5. The molecule has 4 nitrogen and oxygen atoms in total. The van der Waals surface area contributed by atoms with Crippen molar-refractivity contribution in [3.05, 3.63) is 41.5 Å². The molecule has 1 saturated heterocycles. The number of hydrogen-bond donors (Lipinski definition) is 0. The lowest BCUT2D eigenvalue weighted by atomic mass is 9.90. The minimum Gasteiger partial charge on any atom is -0.466 e. The molecule has 0 spiro atoms. The van der Waals surface area contributed by atoms with Gasteiger partial charge < -0.3 is 14.0 Å². The lowest BCUT2D eigenvalue weighted by Crippen LogP contribution is -2.47. The maximum Gasteiger partial charge on any atom is 0.487 e. The van der Waals surface area contributed by atoms with Crippen LogP contribution in [-0.2, 0) is 18.8 Å². The number of methoxy groups -OCH3 is 1. The van der Waals surface area contributed by atoms with Gasteiger partial charge in [0.15, 0.2) is 0 Å². The van der Waals surface area contributed by atoms with Crippen LogP contribution < -0.4 is 5.19 Å². The molecule has 2 rings (SSSR count). The van der Waals surface area contributed by atoms with Gasteiger partial charge in [0.1, 0.15) is 8.07 Å². The van der Waals surface area contributed by atoms with Gasteiger partial charge in [0.05, 0.1) is 18.3 Å². The third kappa shape index (κ3) is 3.50. The predicted octanol–water partition coefficient (Wildman–Crippen LogP) is 2.87. The number of benzene rings is 1. The average Bonchev–Trinajstić information content (AvgIpc) is 2.72. The van der Waals surface area contributed by atoms with Gasteiger partial charge in [0.25, 0.3) is 0 Å². The van der Waals surface area contributed by atoms with Gasteiger partial charge in [-0.25, -0.2) is 4.79 Å². The molecular formula is C18H27BO4Si. The molecule has 0 bridgehead atoms. The van der Waals surface area contributed by atoms with Gasteiger partial charge in [-0.3, -0.25) is 0 Å². The number of carbonyl (C=O) groups is 1. The SMILES string of the molecule is COC(=O)/C(=C/B1OC(C)(C)C(C)(C)O1)[Si](C)(C)c1ccccc1. The Balaban J connectivity index is 2.42. The van der Waals surface area contributed by atoms with Crippen molar-refractivity contribution in [1.82, 2.24) is 0 Å². The highest BCUT2D eigenvalue weighted by Gasteiger charge is 2.51. The normalized spacial score (nSPS) is 20.1. The molecule has 0 N–H and O–H groups in total. The van der Waals surface area contributed by atoms with E-state index in [2.05, 4.69) is 25.2 Å². The molecule has 0 radical (unpaired) electrons. The molecule has 0 saturated carbocycles. The molecule has 1 aromatic carbocycles. The number of rotatable bonds is 4. The van der Waals surface area contributed by atoms with Crippen LogP contribution in [0.4, 0.5) is 0 Å². The summed E-state index contributed by atoms with van der Waals surface area (Å²) < 4.78 is 17.1. The summed E-state index contributed by atoms with van der Waals surface area (Å²) in [6, 6.07) is 10.1. The van der Waals surface area contributed by atoms with Crippen LogP contribution in [0.1, 0.15) is 27.7 Å². The van der Waals surface area contributed by atoms with Gasteiger partial charge >= 0.3 is 13.1 Å². The van der Waals surface area contributed by atoms with Crippen LogP contribution in [0.5, 0.6) is 0 Å². The van der Waals surface area contributed by atoms with E-state index in [1.165, 1.54) is 7.11 Å². The molecule has 0 amide bonds. The molecular weight excluding hydrogens is 319 g/mol. The maximum atomic E-state index is 12.5. The Morgan fingerprint density at radius 1 is 1.08 bits per heavy atom. The van der Waals surface area contributed by atoms with Crippen LogP contribution in [0.3, 0.4) is 0 Å². The van der Waals surface area contributed by atoms with Crippen molar-refractivity contribution in [1.29, 1.82) is 0 Å². The Bertz CT molecular complexity index is 622. The Kier molecular flexibility index (Phi) is 5.14. The summed E-state index contributed by atoms with van der Waals surface area (Å²) >= 11 is 0. The summed E-state index contributed by atoms with van der Waals surface area (Å²) in [6.45, 7) is 12.3. The molecule has 0 aliphatic carbocycles. The van der Waals surface area contributed by atoms with Crippen LogP contribution in [0, 0.1) is 0 Å². The van der Waals surface area contributed by atoms with Crippen molar-refractivity contribution >= 4 is 26.3 Å². The van der Waals surface area contributed by atoms with Crippen molar-refractivity contribution < 1.29 is 18.8 Å².